The molecular weight excluding hydrogens is 410 g/mol. The van der Waals surface area contributed by atoms with Gasteiger partial charge in [-0.05, 0) is 55.2 Å². The number of hydrogen-bond donors (Lipinski definition) is 2. The first-order valence-electron chi connectivity index (χ1n) is 12.6. The van der Waals surface area contributed by atoms with Gasteiger partial charge in [0, 0.05) is 5.56 Å². The number of aromatic nitrogens is 2. The molecule has 174 valence electrons. The van der Waals surface area contributed by atoms with E-state index in [2.05, 4.69) is 10.6 Å². The number of aliphatic hydroxyl groups excluding tert-OH is 1. The van der Waals surface area contributed by atoms with Crippen molar-refractivity contribution in [3.63, 3.8) is 0 Å². The Hall–Kier alpha value is -2.66. The molecule has 0 radical (unpaired) electrons. The summed E-state index contributed by atoms with van der Waals surface area (Å²) in [5.41, 5.74) is 9.43. The molecule has 1 amide bonds. The highest BCUT2D eigenvalue weighted by atomic mass is 16.3. The highest BCUT2D eigenvalue weighted by Crippen LogP contribution is 2.50. The molecule has 5 heteroatoms. The molecule has 0 saturated heterocycles. The molecule has 2 saturated carbocycles. The van der Waals surface area contributed by atoms with Crippen molar-refractivity contribution in [3.8, 4) is 11.4 Å². The molecule has 1 heterocycles. The lowest BCUT2D eigenvalue weighted by Gasteiger charge is -2.48. The number of hydrogen-bond acceptors (Lipinski definition) is 3. The Balaban J connectivity index is 1.80. The predicted octanol–water partition coefficient (Wildman–Crippen LogP) is 5.54. The summed E-state index contributed by atoms with van der Waals surface area (Å²) in [6.07, 6.45) is 11.2. The second-order valence-corrected chi connectivity index (χ2v) is 9.97. The smallest absolute Gasteiger partial charge is 0.244 e. The number of amides is 1. The van der Waals surface area contributed by atoms with Gasteiger partial charge in [-0.15, -0.1) is 0 Å². The summed E-state index contributed by atoms with van der Waals surface area (Å²) in [5, 5.41) is 9.53. The average Bonchev–Trinajstić information content (AvgIpc) is 3.26. The number of rotatable bonds is 6. The Labute approximate surface area is 196 Å². The van der Waals surface area contributed by atoms with Gasteiger partial charge >= 0.3 is 0 Å². The number of carbonyl (C=O) groups is 1. The normalized spacial score (nSPS) is 18.6. The monoisotopic (exact) mass is 445 g/mol. The first-order valence-corrected chi connectivity index (χ1v) is 12.6. The van der Waals surface area contributed by atoms with Gasteiger partial charge in [0.15, 0.2) is 0 Å². The lowest BCUT2D eigenvalue weighted by molar-refractivity contribution is -0.135. The zero-order valence-corrected chi connectivity index (χ0v) is 19.4. The molecular formula is C28H35N3O2. The molecule has 2 fully saturated rings. The van der Waals surface area contributed by atoms with E-state index in [1.54, 1.807) is 0 Å². The summed E-state index contributed by atoms with van der Waals surface area (Å²) in [6.45, 7) is 0.00602. The van der Waals surface area contributed by atoms with Crippen LogP contribution in [0.5, 0.6) is 0 Å². The molecule has 3 aromatic rings. The summed E-state index contributed by atoms with van der Waals surface area (Å²) in [5.74, 6) is 1.06. The highest BCUT2D eigenvalue weighted by Gasteiger charge is 2.53. The zero-order chi connectivity index (χ0) is 22.8. The third-order valence-corrected chi connectivity index (χ3v) is 8.18. The minimum absolute atomic E-state index is 0.00602. The van der Waals surface area contributed by atoms with Gasteiger partial charge in [0.25, 0.3) is 0 Å². The van der Waals surface area contributed by atoms with Crippen LogP contribution in [0, 0.1) is 11.8 Å². The minimum atomic E-state index is -0.776. The molecule has 5 rings (SSSR count). The molecule has 3 N–H and O–H groups in total. The van der Waals surface area contributed by atoms with E-state index in [0.29, 0.717) is 0 Å². The van der Waals surface area contributed by atoms with Crippen molar-refractivity contribution in [2.45, 2.75) is 76.4 Å². The van der Waals surface area contributed by atoms with E-state index >= 15 is 0 Å². The van der Waals surface area contributed by atoms with Gasteiger partial charge in [-0.3, -0.25) is 4.79 Å². The second kappa shape index (κ2) is 9.30. The van der Waals surface area contributed by atoms with Gasteiger partial charge < -0.3 is 15.4 Å². The number of primary amides is 1. The van der Waals surface area contributed by atoms with E-state index in [1.807, 2.05) is 42.5 Å². The standard InChI is InChI=1S/C28H35N3O2/c29-27(33)28(22-9-3-1-4-10-22,23-11-5-2-6-12-23)31-25-14-8-7-13-24(25)30-26(31)21-17-15-20(19-32)16-18-21/h7-8,13-18,22-23,32H,1-6,9-12,19H2,(H2,29,33). The van der Waals surface area contributed by atoms with Crippen molar-refractivity contribution in [2.75, 3.05) is 0 Å². The maximum absolute atomic E-state index is 13.8. The minimum Gasteiger partial charge on any atom is -0.392 e. The van der Waals surface area contributed by atoms with Crippen LogP contribution in [0.25, 0.3) is 22.4 Å². The van der Waals surface area contributed by atoms with Gasteiger partial charge in [-0.1, -0.05) is 74.9 Å². The molecule has 5 nitrogen and oxygen atoms in total. The van der Waals surface area contributed by atoms with Crippen LogP contribution in [-0.2, 0) is 16.9 Å². The van der Waals surface area contributed by atoms with Gasteiger partial charge in [0.2, 0.25) is 5.91 Å². The summed E-state index contributed by atoms with van der Waals surface area (Å²) in [6, 6.07) is 16.1. The summed E-state index contributed by atoms with van der Waals surface area (Å²) >= 11 is 0. The fourth-order valence-electron chi connectivity index (χ4n) is 6.65. The number of imidazole rings is 1. The van der Waals surface area contributed by atoms with Gasteiger partial charge in [0.1, 0.15) is 11.4 Å². The van der Waals surface area contributed by atoms with Crippen LogP contribution < -0.4 is 5.73 Å². The van der Waals surface area contributed by atoms with E-state index in [1.165, 1.54) is 12.8 Å². The van der Waals surface area contributed by atoms with E-state index in [-0.39, 0.29) is 24.3 Å². The molecule has 0 bridgehead atoms. The van der Waals surface area contributed by atoms with Crippen LogP contribution in [0.4, 0.5) is 0 Å². The maximum Gasteiger partial charge on any atom is 0.244 e. The Morgan fingerprint density at radius 3 is 2.03 bits per heavy atom. The third-order valence-electron chi connectivity index (χ3n) is 8.18. The van der Waals surface area contributed by atoms with Crippen LogP contribution in [-0.4, -0.2) is 20.6 Å². The number of fused-ring (bicyclic) bond motifs is 1. The van der Waals surface area contributed by atoms with E-state index in [0.717, 1.165) is 79.4 Å². The van der Waals surface area contributed by atoms with E-state index < -0.39 is 5.54 Å². The summed E-state index contributed by atoms with van der Waals surface area (Å²) in [7, 11) is 0. The molecule has 0 aliphatic heterocycles. The largest absolute Gasteiger partial charge is 0.392 e. The van der Waals surface area contributed by atoms with Crippen molar-refractivity contribution < 1.29 is 9.90 Å². The van der Waals surface area contributed by atoms with Crippen LogP contribution in [0.15, 0.2) is 48.5 Å². The fraction of sp³-hybridized carbons (Fsp3) is 0.500. The van der Waals surface area contributed by atoms with Crippen molar-refractivity contribution in [3.05, 3.63) is 54.1 Å². The Bertz CT molecular complexity index is 1090. The SMILES string of the molecule is NC(=O)C(C1CCCCC1)(C1CCCCC1)n1c(-c2ccc(CO)cc2)nc2ccccc21. The summed E-state index contributed by atoms with van der Waals surface area (Å²) in [4.78, 5) is 18.9. The zero-order valence-electron chi connectivity index (χ0n) is 19.4. The number of nitrogens with two attached hydrogens (primary N) is 1. The molecule has 0 unspecified atom stereocenters. The first-order chi connectivity index (χ1) is 16.2. The first kappa shape index (κ1) is 22.1. The number of nitrogens with zero attached hydrogens (tertiary/aromatic N) is 2. The van der Waals surface area contributed by atoms with Gasteiger partial charge in [-0.2, -0.15) is 0 Å². The molecule has 0 atom stereocenters. The van der Waals surface area contributed by atoms with Gasteiger partial charge in [-0.25, -0.2) is 4.98 Å². The van der Waals surface area contributed by atoms with Gasteiger partial charge in [0.05, 0.1) is 17.6 Å². The third kappa shape index (κ3) is 3.76. The second-order valence-electron chi connectivity index (χ2n) is 9.97. The quantitative estimate of drug-likeness (QED) is 0.523. The molecule has 2 aliphatic carbocycles. The van der Waals surface area contributed by atoms with Crippen LogP contribution in [0.1, 0.15) is 69.8 Å². The molecule has 2 aromatic carbocycles. The van der Waals surface area contributed by atoms with Crippen molar-refractivity contribution in [2.24, 2.45) is 17.6 Å². The Morgan fingerprint density at radius 1 is 0.909 bits per heavy atom. The lowest BCUT2D eigenvalue weighted by atomic mass is 9.63. The highest BCUT2D eigenvalue weighted by molar-refractivity contribution is 5.89. The predicted molar refractivity (Wildman–Crippen MR) is 131 cm³/mol. The summed E-state index contributed by atoms with van der Waals surface area (Å²) < 4.78 is 2.25. The topological polar surface area (TPSA) is 81.1 Å². The number of para-hydroxylation sites is 2. The number of benzene rings is 2. The Morgan fingerprint density at radius 2 is 1.48 bits per heavy atom. The van der Waals surface area contributed by atoms with E-state index in [9.17, 15) is 9.90 Å². The van der Waals surface area contributed by atoms with Crippen molar-refractivity contribution >= 4 is 16.9 Å². The molecule has 2 aliphatic rings. The average molecular weight is 446 g/mol. The molecule has 0 spiro atoms. The van der Waals surface area contributed by atoms with E-state index in [4.69, 9.17) is 10.7 Å². The number of carbonyl (C=O) groups excluding carboxylic acids is 1. The van der Waals surface area contributed by atoms with Crippen LogP contribution in [0.3, 0.4) is 0 Å². The Kier molecular flexibility index (Phi) is 6.24. The fourth-order valence-corrected chi connectivity index (χ4v) is 6.65. The molecule has 33 heavy (non-hydrogen) atoms. The number of aliphatic hydroxyl groups is 1. The van der Waals surface area contributed by atoms with Crippen LogP contribution >= 0.6 is 0 Å². The maximum atomic E-state index is 13.8. The van der Waals surface area contributed by atoms with Crippen molar-refractivity contribution in [1.29, 1.82) is 0 Å². The van der Waals surface area contributed by atoms with Crippen LogP contribution in [0.2, 0.25) is 0 Å². The van der Waals surface area contributed by atoms with Crippen molar-refractivity contribution in [1.82, 2.24) is 9.55 Å². The lowest BCUT2D eigenvalue weighted by Crippen LogP contribution is -2.58. The molecule has 1 aromatic heterocycles.